The van der Waals surface area contributed by atoms with E-state index < -0.39 is 0 Å². The molecule has 1 unspecified atom stereocenters. The van der Waals surface area contributed by atoms with E-state index in [1.54, 1.807) is 0 Å². The molecule has 1 aromatic heterocycles. The van der Waals surface area contributed by atoms with E-state index in [9.17, 15) is 0 Å². The van der Waals surface area contributed by atoms with Crippen molar-refractivity contribution >= 4 is 5.96 Å². The Morgan fingerprint density at radius 2 is 1.85 bits per heavy atom. The molecule has 4 rings (SSSR count). The van der Waals surface area contributed by atoms with Crippen LogP contribution in [0.3, 0.4) is 0 Å². The number of piperidine rings is 1. The Morgan fingerprint density at radius 1 is 1.04 bits per heavy atom. The van der Waals surface area contributed by atoms with Crippen molar-refractivity contribution in [3.63, 3.8) is 0 Å². The third-order valence-electron chi connectivity index (χ3n) is 6.40. The van der Waals surface area contributed by atoms with E-state index >= 15 is 0 Å². The second-order valence-corrected chi connectivity index (χ2v) is 8.20. The second-order valence-electron chi connectivity index (χ2n) is 8.20. The summed E-state index contributed by atoms with van der Waals surface area (Å²) >= 11 is 0. The third-order valence-corrected chi connectivity index (χ3v) is 6.40. The van der Waals surface area contributed by atoms with Crippen LogP contribution in [0.2, 0.25) is 0 Å². The number of hydrogen-bond donors (Lipinski definition) is 1. The van der Waals surface area contributed by atoms with E-state index in [1.807, 2.05) is 7.05 Å². The van der Waals surface area contributed by atoms with Crippen LogP contribution < -0.4 is 5.32 Å². The summed E-state index contributed by atoms with van der Waals surface area (Å²) in [5, 5.41) is 12.4. The minimum atomic E-state index is 0.705. The number of likely N-dealkylation sites (tertiary alicyclic amines) is 2. The van der Waals surface area contributed by atoms with Crippen LogP contribution in [0.4, 0.5) is 0 Å². The smallest absolute Gasteiger partial charge is 0.193 e. The summed E-state index contributed by atoms with van der Waals surface area (Å²) in [5.41, 5.74) is 0. The van der Waals surface area contributed by atoms with Crippen molar-refractivity contribution in [3.8, 4) is 0 Å². The first-order valence-electron chi connectivity index (χ1n) is 11.0. The largest absolute Gasteiger partial charge is 0.356 e. The monoisotopic (exact) mass is 373 g/mol. The highest BCUT2D eigenvalue weighted by Crippen LogP contribution is 2.20. The fourth-order valence-corrected chi connectivity index (χ4v) is 4.86. The molecule has 7 nitrogen and oxygen atoms in total. The third kappa shape index (κ3) is 4.45. The second kappa shape index (κ2) is 9.04. The van der Waals surface area contributed by atoms with Crippen LogP contribution in [-0.4, -0.2) is 76.3 Å². The van der Waals surface area contributed by atoms with Gasteiger partial charge in [-0.15, -0.1) is 10.2 Å². The van der Waals surface area contributed by atoms with Crippen LogP contribution in [0.25, 0.3) is 0 Å². The number of aryl methyl sites for hydroxylation is 1. The standard InChI is InChI=1S/C20H35N7/c1-21-20(26-15-10-17(16-26)25-12-5-3-6-13-25)22-11-9-19-24-23-18-8-4-2-7-14-27(18)19/h17H,2-16H2,1H3,(H,21,22). The Bertz CT molecular complexity index is 632. The van der Waals surface area contributed by atoms with Crippen LogP contribution in [0.5, 0.6) is 0 Å². The van der Waals surface area contributed by atoms with Gasteiger partial charge in [0.05, 0.1) is 0 Å². The highest BCUT2D eigenvalue weighted by atomic mass is 15.3. The van der Waals surface area contributed by atoms with E-state index in [-0.39, 0.29) is 0 Å². The van der Waals surface area contributed by atoms with Gasteiger partial charge in [0.25, 0.3) is 0 Å². The van der Waals surface area contributed by atoms with E-state index in [4.69, 9.17) is 0 Å². The van der Waals surface area contributed by atoms with Crippen molar-refractivity contribution in [2.75, 3.05) is 39.8 Å². The van der Waals surface area contributed by atoms with Gasteiger partial charge in [-0.3, -0.25) is 9.89 Å². The van der Waals surface area contributed by atoms with Gasteiger partial charge in [-0.1, -0.05) is 12.8 Å². The maximum absolute atomic E-state index is 4.54. The van der Waals surface area contributed by atoms with Crippen LogP contribution in [0.15, 0.2) is 4.99 Å². The highest BCUT2D eigenvalue weighted by molar-refractivity contribution is 5.80. The minimum Gasteiger partial charge on any atom is -0.356 e. The number of fused-ring (bicyclic) bond motifs is 1. The van der Waals surface area contributed by atoms with Gasteiger partial charge in [0.2, 0.25) is 0 Å². The first-order valence-corrected chi connectivity index (χ1v) is 11.0. The molecule has 0 saturated carbocycles. The van der Waals surface area contributed by atoms with Crippen molar-refractivity contribution < 1.29 is 0 Å². The van der Waals surface area contributed by atoms with E-state index in [1.165, 1.54) is 63.9 Å². The summed E-state index contributed by atoms with van der Waals surface area (Å²) in [7, 11) is 1.90. The summed E-state index contributed by atoms with van der Waals surface area (Å²) in [4.78, 5) is 9.67. The molecule has 0 spiro atoms. The molecule has 7 heteroatoms. The van der Waals surface area contributed by atoms with Crippen molar-refractivity contribution in [1.82, 2.24) is 29.9 Å². The van der Waals surface area contributed by atoms with Crippen molar-refractivity contribution in [1.29, 1.82) is 0 Å². The topological polar surface area (TPSA) is 61.6 Å². The Balaban J connectivity index is 1.27. The maximum atomic E-state index is 4.54. The molecule has 0 aromatic carbocycles. The first kappa shape index (κ1) is 18.7. The molecule has 1 atom stereocenters. The molecular formula is C20H35N7. The number of rotatable bonds is 4. The lowest BCUT2D eigenvalue weighted by Gasteiger charge is -2.32. The molecule has 0 radical (unpaired) electrons. The molecule has 1 N–H and O–H groups in total. The highest BCUT2D eigenvalue weighted by Gasteiger charge is 2.29. The van der Waals surface area contributed by atoms with Gasteiger partial charge in [0.1, 0.15) is 11.6 Å². The average Bonchev–Trinajstić information content (AvgIpc) is 3.27. The summed E-state index contributed by atoms with van der Waals surface area (Å²) in [6.45, 7) is 6.73. The lowest BCUT2D eigenvalue weighted by Crippen LogP contribution is -2.45. The normalized spacial score (nSPS) is 24.7. The van der Waals surface area contributed by atoms with Crippen LogP contribution in [0.1, 0.15) is 56.6 Å². The summed E-state index contributed by atoms with van der Waals surface area (Å²) < 4.78 is 2.35. The van der Waals surface area contributed by atoms with Crippen molar-refractivity contribution in [3.05, 3.63) is 11.6 Å². The summed E-state index contributed by atoms with van der Waals surface area (Å²) in [6, 6.07) is 0.705. The van der Waals surface area contributed by atoms with Gasteiger partial charge >= 0.3 is 0 Å². The lowest BCUT2D eigenvalue weighted by atomic mass is 10.1. The number of guanidine groups is 1. The Kier molecular flexibility index (Phi) is 6.27. The first-order chi connectivity index (χ1) is 13.3. The lowest BCUT2D eigenvalue weighted by molar-refractivity contribution is 0.168. The molecule has 3 aliphatic rings. The van der Waals surface area contributed by atoms with E-state index in [0.29, 0.717) is 6.04 Å². The molecule has 0 aliphatic carbocycles. The van der Waals surface area contributed by atoms with Gasteiger partial charge in [0.15, 0.2) is 5.96 Å². The SMILES string of the molecule is CN=C(NCCc1nnc2n1CCCCC2)N1CCC(N2CCCCC2)C1. The Morgan fingerprint density at radius 3 is 2.70 bits per heavy atom. The molecule has 2 saturated heterocycles. The van der Waals surface area contributed by atoms with Crippen LogP contribution in [-0.2, 0) is 19.4 Å². The fourth-order valence-electron chi connectivity index (χ4n) is 4.86. The maximum Gasteiger partial charge on any atom is 0.193 e. The summed E-state index contributed by atoms with van der Waals surface area (Å²) in [5.74, 6) is 3.35. The minimum absolute atomic E-state index is 0.705. The van der Waals surface area contributed by atoms with Crippen LogP contribution in [0, 0.1) is 0 Å². The molecule has 150 valence electrons. The molecular weight excluding hydrogens is 338 g/mol. The van der Waals surface area contributed by atoms with Gasteiger partial charge < -0.3 is 14.8 Å². The molecule has 1 aromatic rings. The fraction of sp³-hybridized carbons (Fsp3) is 0.850. The number of hydrogen-bond acceptors (Lipinski definition) is 4. The van der Waals surface area contributed by atoms with Gasteiger partial charge in [-0.25, -0.2) is 0 Å². The Hall–Kier alpha value is -1.63. The van der Waals surface area contributed by atoms with Crippen LogP contribution >= 0.6 is 0 Å². The van der Waals surface area contributed by atoms with Crippen molar-refractivity contribution in [2.24, 2.45) is 4.99 Å². The van der Waals surface area contributed by atoms with Gasteiger partial charge in [-0.2, -0.15) is 0 Å². The molecule has 0 bridgehead atoms. The van der Waals surface area contributed by atoms with Gasteiger partial charge in [0, 0.05) is 52.1 Å². The van der Waals surface area contributed by atoms with E-state index in [2.05, 4.69) is 34.9 Å². The molecule has 27 heavy (non-hydrogen) atoms. The van der Waals surface area contributed by atoms with Gasteiger partial charge in [-0.05, 0) is 45.2 Å². The molecule has 2 fully saturated rings. The molecule has 0 amide bonds. The quantitative estimate of drug-likeness (QED) is 0.643. The van der Waals surface area contributed by atoms with E-state index in [0.717, 1.165) is 50.8 Å². The zero-order valence-corrected chi connectivity index (χ0v) is 16.9. The summed E-state index contributed by atoms with van der Waals surface area (Å²) in [6.07, 6.45) is 11.2. The number of aromatic nitrogens is 3. The number of nitrogens with zero attached hydrogens (tertiary/aromatic N) is 6. The molecule has 3 aliphatic heterocycles. The predicted molar refractivity (Wildman–Crippen MR) is 108 cm³/mol. The Labute approximate surface area is 163 Å². The zero-order chi connectivity index (χ0) is 18.5. The average molecular weight is 374 g/mol. The van der Waals surface area contributed by atoms with Crippen molar-refractivity contribution in [2.45, 2.75) is 70.4 Å². The molecule has 4 heterocycles. The predicted octanol–water partition coefficient (Wildman–Crippen LogP) is 1.68. The number of aliphatic imine (C=N–C) groups is 1. The zero-order valence-electron chi connectivity index (χ0n) is 16.9. The number of nitrogens with one attached hydrogen (secondary N) is 1.